The summed E-state index contributed by atoms with van der Waals surface area (Å²) in [6, 6.07) is 23.2. The van der Waals surface area contributed by atoms with Crippen molar-refractivity contribution in [2.45, 2.75) is 24.9 Å². The van der Waals surface area contributed by atoms with E-state index >= 15 is 0 Å². The van der Waals surface area contributed by atoms with Crippen LogP contribution in [-0.4, -0.2) is 40.7 Å². The van der Waals surface area contributed by atoms with E-state index in [9.17, 15) is 19.5 Å². The molecule has 0 aromatic heterocycles. The minimum Gasteiger partial charge on any atom is -0.481 e. The van der Waals surface area contributed by atoms with Crippen molar-refractivity contribution in [1.29, 1.82) is 5.41 Å². The number of para-hydroxylation sites is 1. The maximum atomic E-state index is 14.4. The number of benzene rings is 3. The topological polar surface area (TPSA) is 140 Å². The number of carbonyl (C=O) groups excluding carboxylic acids is 2. The largest absolute Gasteiger partial charge is 0.481 e. The number of hydrogen-bond acceptors (Lipinski definition) is 5. The zero-order chi connectivity index (χ0) is 25.7. The number of nitrogen functional groups attached to an aromatic ring is 1. The van der Waals surface area contributed by atoms with Gasteiger partial charge in [0.25, 0.3) is 5.91 Å². The first kappa shape index (κ1) is 24.5. The number of nitrogens with one attached hydrogen (secondary N) is 2. The Morgan fingerprint density at radius 1 is 1.06 bits per heavy atom. The lowest BCUT2D eigenvalue weighted by atomic mass is 9.83. The van der Waals surface area contributed by atoms with Gasteiger partial charge in [-0.25, -0.2) is 0 Å². The molecular weight excluding hydrogens is 458 g/mol. The lowest BCUT2D eigenvalue weighted by Gasteiger charge is -2.43. The SMILES string of the molecule is N=C(N)c1ccc(C2(CC(=O)O)C(=O)N(CCc3ccccc3)Cc3ccccc3N2NC=O)cc1. The van der Waals surface area contributed by atoms with Crippen molar-refractivity contribution in [3.63, 3.8) is 0 Å². The van der Waals surface area contributed by atoms with E-state index in [1.807, 2.05) is 42.5 Å². The molecule has 0 bridgehead atoms. The highest BCUT2D eigenvalue weighted by Gasteiger charge is 2.52. The van der Waals surface area contributed by atoms with Crippen LogP contribution in [0.15, 0.2) is 78.9 Å². The Bertz CT molecular complexity index is 1280. The summed E-state index contributed by atoms with van der Waals surface area (Å²) in [6.45, 7) is 0.588. The summed E-state index contributed by atoms with van der Waals surface area (Å²) in [5.41, 5.74) is 9.56. The summed E-state index contributed by atoms with van der Waals surface area (Å²) in [6.07, 6.45) is 0.398. The molecule has 4 rings (SSSR count). The number of carboxylic acid groups (broad SMARTS) is 1. The average Bonchev–Trinajstić information content (AvgIpc) is 2.97. The van der Waals surface area contributed by atoms with Crippen LogP contribution in [0.2, 0.25) is 0 Å². The number of nitrogens with two attached hydrogens (primary N) is 1. The van der Waals surface area contributed by atoms with Gasteiger partial charge in [-0.15, -0.1) is 0 Å². The first-order valence-corrected chi connectivity index (χ1v) is 11.4. The molecule has 1 unspecified atom stereocenters. The number of nitrogens with zero attached hydrogens (tertiary/aromatic N) is 2. The van der Waals surface area contributed by atoms with Crippen molar-refractivity contribution in [1.82, 2.24) is 10.3 Å². The van der Waals surface area contributed by atoms with Crippen molar-refractivity contribution in [3.8, 4) is 0 Å². The fourth-order valence-corrected chi connectivity index (χ4v) is 4.68. The van der Waals surface area contributed by atoms with Gasteiger partial charge in [0, 0.05) is 18.7 Å². The summed E-state index contributed by atoms with van der Waals surface area (Å²) in [5.74, 6) is -1.82. The molecule has 0 aliphatic carbocycles. The van der Waals surface area contributed by atoms with E-state index in [4.69, 9.17) is 11.1 Å². The predicted octanol–water partition coefficient (Wildman–Crippen LogP) is 2.39. The van der Waals surface area contributed by atoms with Gasteiger partial charge in [-0.2, -0.15) is 0 Å². The lowest BCUT2D eigenvalue weighted by Crippen LogP contribution is -2.61. The van der Waals surface area contributed by atoms with Crippen molar-refractivity contribution >= 4 is 29.8 Å². The van der Waals surface area contributed by atoms with Crippen LogP contribution in [0.3, 0.4) is 0 Å². The van der Waals surface area contributed by atoms with E-state index in [1.54, 1.807) is 41.3 Å². The first-order chi connectivity index (χ1) is 17.4. The van der Waals surface area contributed by atoms with Crippen LogP contribution in [0.1, 0.15) is 28.7 Å². The molecule has 0 spiro atoms. The van der Waals surface area contributed by atoms with Crippen LogP contribution in [0.4, 0.5) is 5.69 Å². The molecule has 1 aliphatic heterocycles. The highest BCUT2D eigenvalue weighted by atomic mass is 16.4. The molecule has 9 nitrogen and oxygen atoms in total. The molecular formula is C27H27N5O4. The Hall–Kier alpha value is -4.66. The van der Waals surface area contributed by atoms with E-state index < -0.39 is 23.8 Å². The minimum absolute atomic E-state index is 0.154. The minimum atomic E-state index is -1.79. The van der Waals surface area contributed by atoms with Gasteiger partial charge in [-0.05, 0) is 29.2 Å². The molecule has 5 N–H and O–H groups in total. The van der Waals surface area contributed by atoms with Gasteiger partial charge >= 0.3 is 5.97 Å². The number of amidine groups is 1. The highest BCUT2D eigenvalue weighted by Crippen LogP contribution is 2.41. The molecule has 9 heteroatoms. The van der Waals surface area contributed by atoms with Crippen molar-refractivity contribution in [2.75, 3.05) is 11.6 Å². The van der Waals surface area contributed by atoms with E-state index in [0.29, 0.717) is 36.2 Å². The van der Waals surface area contributed by atoms with E-state index in [0.717, 1.165) is 11.1 Å². The number of amides is 2. The van der Waals surface area contributed by atoms with Crippen LogP contribution in [0, 0.1) is 5.41 Å². The third kappa shape index (κ3) is 4.63. The van der Waals surface area contributed by atoms with Gasteiger partial charge in [-0.3, -0.25) is 30.2 Å². The molecule has 0 radical (unpaired) electrons. The lowest BCUT2D eigenvalue weighted by molar-refractivity contribution is -0.147. The quantitative estimate of drug-likeness (QED) is 0.208. The second-order valence-corrected chi connectivity index (χ2v) is 8.60. The first-order valence-electron chi connectivity index (χ1n) is 11.4. The molecule has 3 aromatic carbocycles. The summed E-state index contributed by atoms with van der Waals surface area (Å²) >= 11 is 0. The molecule has 36 heavy (non-hydrogen) atoms. The zero-order valence-corrected chi connectivity index (χ0v) is 19.6. The Morgan fingerprint density at radius 2 is 1.72 bits per heavy atom. The number of fused-ring (bicyclic) bond motifs is 1. The number of hydrogen-bond donors (Lipinski definition) is 4. The third-order valence-electron chi connectivity index (χ3n) is 6.39. The van der Waals surface area contributed by atoms with Crippen LogP contribution in [-0.2, 0) is 32.9 Å². The Balaban J connectivity index is 1.90. The van der Waals surface area contributed by atoms with Crippen LogP contribution in [0.5, 0.6) is 0 Å². The van der Waals surface area contributed by atoms with Crippen LogP contribution < -0.4 is 16.2 Å². The smallest absolute Gasteiger partial charge is 0.306 e. The highest BCUT2D eigenvalue weighted by molar-refractivity contribution is 5.98. The third-order valence-corrected chi connectivity index (χ3v) is 6.39. The van der Waals surface area contributed by atoms with Crippen molar-refractivity contribution in [2.24, 2.45) is 5.73 Å². The van der Waals surface area contributed by atoms with Gasteiger partial charge in [0.15, 0.2) is 5.54 Å². The van der Waals surface area contributed by atoms with Crippen molar-refractivity contribution in [3.05, 3.63) is 101 Å². The molecule has 1 aliphatic rings. The fraction of sp³-hybridized carbons (Fsp3) is 0.185. The van der Waals surface area contributed by atoms with E-state index in [-0.39, 0.29) is 12.4 Å². The number of carboxylic acids is 1. The maximum Gasteiger partial charge on any atom is 0.306 e. The second-order valence-electron chi connectivity index (χ2n) is 8.60. The molecule has 1 atom stereocenters. The molecule has 0 fully saturated rings. The Kier molecular flexibility index (Phi) is 7.00. The molecule has 0 saturated carbocycles. The van der Waals surface area contributed by atoms with Gasteiger partial charge in [0.1, 0.15) is 5.84 Å². The van der Waals surface area contributed by atoms with Crippen LogP contribution >= 0.6 is 0 Å². The number of carbonyl (C=O) groups is 3. The Labute approximate surface area is 208 Å². The summed E-state index contributed by atoms with van der Waals surface area (Å²) in [4.78, 5) is 40.1. The standard InChI is InChI=1S/C27H27N5O4/c28-25(29)20-10-12-22(13-11-20)27(16-24(34)35)26(36)31(15-14-19-6-2-1-3-7-19)17-21-8-4-5-9-23(21)32(27)30-18-33/h1-13,18H,14-17H2,(H3,28,29)(H,30,33)(H,34,35). The van der Waals surface area contributed by atoms with Crippen LogP contribution in [0.25, 0.3) is 0 Å². The van der Waals surface area contributed by atoms with Gasteiger partial charge in [0.05, 0.1) is 12.1 Å². The predicted molar refractivity (Wildman–Crippen MR) is 135 cm³/mol. The molecule has 184 valence electrons. The Morgan fingerprint density at radius 3 is 2.36 bits per heavy atom. The van der Waals surface area contributed by atoms with E-state index in [1.165, 1.54) is 5.01 Å². The number of hydrazine groups is 1. The number of anilines is 1. The second kappa shape index (κ2) is 10.3. The summed E-state index contributed by atoms with van der Waals surface area (Å²) in [5, 5.41) is 19.1. The zero-order valence-electron chi connectivity index (χ0n) is 19.6. The van der Waals surface area contributed by atoms with Gasteiger partial charge in [0.2, 0.25) is 6.41 Å². The van der Waals surface area contributed by atoms with E-state index in [2.05, 4.69) is 5.43 Å². The molecule has 2 amide bonds. The monoisotopic (exact) mass is 485 g/mol. The maximum absolute atomic E-state index is 14.4. The van der Waals surface area contributed by atoms with Gasteiger partial charge in [-0.1, -0.05) is 72.8 Å². The summed E-state index contributed by atoms with van der Waals surface area (Å²) < 4.78 is 0. The number of aliphatic carboxylic acids is 1. The summed E-state index contributed by atoms with van der Waals surface area (Å²) in [7, 11) is 0. The fourth-order valence-electron chi connectivity index (χ4n) is 4.68. The molecule has 1 heterocycles. The number of rotatable bonds is 9. The van der Waals surface area contributed by atoms with Crippen molar-refractivity contribution < 1.29 is 19.5 Å². The van der Waals surface area contributed by atoms with Gasteiger partial charge < -0.3 is 15.7 Å². The normalized spacial score (nSPS) is 17.2. The average molecular weight is 486 g/mol. The molecule has 3 aromatic rings. The molecule has 0 saturated heterocycles.